The number of hydrogen-bond donors (Lipinski definition) is 3. The average Bonchev–Trinajstić information content (AvgIpc) is 2.22. The molecule has 1 atom stereocenters. The number of amides is 1. The normalized spacial score (nSPS) is 14.9. The van der Waals surface area contributed by atoms with E-state index in [-0.39, 0.29) is 18.4 Å². The Bertz CT molecular complexity index is 242. The van der Waals surface area contributed by atoms with Crippen LogP contribution in [0.4, 0.5) is 0 Å². The lowest BCUT2D eigenvalue weighted by molar-refractivity contribution is -0.110. The number of nitrogens with one attached hydrogen (secondary N) is 1. The molecule has 0 aliphatic carbocycles. The van der Waals surface area contributed by atoms with Gasteiger partial charge in [-0.2, -0.15) is 0 Å². The van der Waals surface area contributed by atoms with Crippen LogP contribution in [0.1, 0.15) is 26.7 Å². The van der Waals surface area contributed by atoms with Crippen LogP contribution in [-0.4, -0.2) is 29.3 Å². The highest BCUT2D eigenvalue weighted by Gasteiger charge is 2.07. The van der Waals surface area contributed by atoms with E-state index in [0.29, 0.717) is 12.8 Å². The van der Waals surface area contributed by atoms with Gasteiger partial charge in [0, 0.05) is 0 Å². The molecule has 0 aromatic heterocycles. The van der Waals surface area contributed by atoms with Gasteiger partial charge in [0.1, 0.15) is 0 Å². The number of hydrogen-bond acceptors (Lipinski definition) is 3. The predicted molar refractivity (Wildman–Crippen MR) is 59.5 cm³/mol. The van der Waals surface area contributed by atoms with Gasteiger partial charge in [-0.25, -0.2) is 0 Å². The molecule has 0 saturated carbocycles. The van der Waals surface area contributed by atoms with E-state index in [4.69, 9.17) is 10.2 Å². The van der Waals surface area contributed by atoms with Crippen molar-refractivity contribution in [3.63, 3.8) is 0 Å². The highest BCUT2D eigenvalue weighted by Crippen LogP contribution is 2.10. The van der Waals surface area contributed by atoms with Crippen LogP contribution in [-0.2, 0) is 4.79 Å². The molecule has 3 N–H and O–H groups in total. The Morgan fingerprint density at radius 2 is 2.13 bits per heavy atom. The van der Waals surface area contributed by atoms with Gasteiger partial charge in [0.2, 0.25) is 6.41 Å². The minimum absolute atomic E-state index is 0.0854. The monoisotopic (exact) mass is 213 g/mol. The van der Waals surface area contributed by atoms with Crippen molar-refractivity contribution in [2.75, 3.05) is 6.61 Å². The first-order chi connectivity index (χ1) is 7.13. The first-order valence-corrected chi connectivity index (χ1v) is 4.99. The van der Waals surface area contributed by atoms with Crippen molar-refractivity contribution >= 4 is 6.41 Å². The van der Waals surface area contributed by atoms with Crippen molar-refractivity contribution in [1.82, 2.24) is 5.32 Å². The van der Waals surface area contributed by atoms with Gasteiger partial charge < -0.3 is 15.5 Å². The maximum atomic E-state index is 10.2. The van der Waals surface area contributed by atoms with Crippen LogP contribution >= 0.6 is 0 Å². The second-order valence-electron chi connectivity index (χ2n) is 3.35. The minimum atomic E-state index is -0.249. The molecule has 0 saturated heterocycles. The first-order valence-electron chi connectivity index (χ1n) is 4.99. The van der Waals surface area contributed by atoms with Gasteiger partial charge in [0.25, 0.3) is 0 Å². The molecule has 4 heteroatoms. The first kappa shape index (κ1) is 13.7. The molecule has 0 fully saturated rings. The van der Waals surface area contributed by atoms with Crippen LogP contribution in [0.3, 0.4) is 0 Å². The van der Waals surface area contributed by atoms with E-state index < -0.39 is 0 Å². The molecule has 4 nitrogen and oxygen atoms in total. The smallest absolute Gasteiger partial charge is 0.207 e. The maximum Gasteiger partial charge on any atom is 0.207 e. The molecule has 1 unspecified atom stereocenters. The molecular weight excluding hydrogens is 194 g/mol. The molecule has 1 amide bonds. The van der Waals surface area contributed by atoms with E-state index in [1.165, 1.54) is 0 Å². The summed E-state index contributed by atoms with van der Waals surface area (Å²) in [6.07, 6.45) is 5.41. The Labute approximate surface area is 90.3 Å². The van der Waals surface area contributed by atoms with Gasteiger partial charge >= 0.3 is 0 Å². The van der Waals surface area contributed by atoms with E-state index in [1.807, 2.05) is 13.0 Å². The summed E-state index contributed by atoms with van der Waals surface area (Å²) in [4.78, 5) is 10.2. The fraction of sp³-hybridized carbons (Fsp3) is 0.545. The predicted octanol–water partition coefficient (Wildman–Crippen LogP) is 1.28. The number of carbonyl (C=O) groups is 1. The van der Waals surface area contributed by atoms with E-state index in [1.54, 1.807) is 13.0 Å². The molecule has 0 radical (unpaired) electrons. The third-order valence-electron chi connectivity index (χ3n) is 2.05. The summed E-state index contributed by atoms with van der Waals surface area (Å²) in [5, 5.41) is 20.5. The number of rotatable bonds is 7. The number of aliphatic hydroxyl groups is 2. The quantitative estimate of drug-likeness (QED) is 0.339. The molecular formula is C11H19NO3. The summed E-state index contributed by atoms with van der Waals surface area (Å²) in [6.45, 7) is 3.50. The second-order valence-corrected chi connectivity index (χ2v) is 3.35. The van der Waals surface area contributed by atoms with E-state index in [2.05, 4.69) is 5.32 Å². The Hall–Kier alpha value is -1.29. The van der Waals surface area contributed by atoms with Crippen LogP contribution in [0.25, 0.3) is 0 Å². The lowest BCUT2D eigenvalue weighted by Gasteiger charge is -2.14. The molecule has 0 aromatic carbocycles. The minimum Gasteiger partial charge on any atom is -0.513 e. The van der Waals surface area contributed by atoms with Crippen molar-refractivity contribution < 1.29 is 15.0 Å². The van der Waals surface area contributed by atoms with Crippen molar-refractivity contribution in [3.8, 4) is 0 Å². The Kier molecular flexibility index (Phi) is 7.36. The Balaban J connectivity index is 4.35. The fourth-order valence-electron chi connectivity index (χ4n) is 1.16. The van der Waals surface area contributed by atoms with Crippen LogP contribution < -0.4 is 5.32 Å². The highest BCUT2D eigenvalue weighted by atomic mass is 16.3. The molecule has 0 rings (SSSR count). The Morgan fingerprint density at radius 3 is 2.53 bits per heavy atom. The standard InChI is InChI=1S/C11H19NO3/c1-3-10(5-4-9(2)15)6-11(7-13)12-8-14/h4-5,8,11,13,15H,3,6-7H2,1-2H3,(H,12,14)/b9-4+,10-5+. The second kappa shape index (κ2) is 8.05. The summed E-state index contributed by atoms with van der Waals surface area (Å²) in [6, 6.07) is -0.249. The van der Waals surface area contributed by atoms with Crippen molar-refractivity contribution in [3.05, 3.63) is 23.5 Å². The Morgan fingerprint density at radius 1 is 1.47 bits per heavy atom. The van der Waals surface area contributed by atoms with Gasteiger partial charge in [0.15, 0.2) is 0 Å². The summed E-state index contributed by atoms with van der Waals surface area (Å²) < 4.78 is 0. The van der Waals surface area contributed by atoms with Gasteiger partial charge in [-0.3, -0.25) is 4.79 Å². The SMILES string of the molecule is CC/C(=C\C=C(/C)O)CC(CO)NC=O. The van der Waals surface area contributed by atoms with Gasteiger partial charge in [0.05, 0.1) is 18.4 Å². The van der Waals surface area contributed by atoms with Crippen molar-refractivity contribution in [2.24, 2.45) is 0 Å². The molecule has 15 heavy (non-hydrogen) atoms. The lowest BCUT2D eigenvalue weighted by Crippen LogP contribution is -2.31. The number of allylic oxidation sites excluding steroid dienone is 3. The zero-order chi connectivity index (χ0) is 11.7. The number of aliphatic hydroxyl groups excluding tert-OH is 2. The third kappa shape index (κ3) is 6.74. The van der Waals surface area contributed by atoms with Crippen LogP contribution in [0.2, 0.25) is 0 Å². The van der Waals surface area contributed by atoms with E-state index in [0.717, 1.165) is 12.0 Å². The van der Waals surface area contributed by atoms with Gasteiger partial charge in [-0.05, 0) is 25.8 Å². The summed E-state index contributed by atoms with van der Waals surface area (Å²) in [5.74, 6) is 0.241. The highest BCUT2D eigenvalue weighted by molar-refractivity contribution is 5.46. The molecule has 0 aliphatic heterocycles. The average molecular weight is 213 g/mol. The van der Waals surface area contributed by atoms with Crippen LogP contribution in [0.15, 0.2) is 23.5 Å². The van der Waals surface area contributed by atoms with Crippen molar-refractivity contribution in [1.29, 1.82) is 0 Å². The topological polar surface area (TPSA) is 69.6 Å². The van der Waals surface area contributed by atoms with Gasteiger partial charge in [-0.15, -0.1) is 0 Å². The molecule has 0 bridgehead atoms. The summed E-state index contributed by atoms with van der Waals surface area (Å²) >= 11 is 0. The van der Waals surface area contributed by atoms with Crippen LogP contribution in [0, 0.1) is 0 Å². The van der Waals surface area contributed by atoms with E-state index in [9.17, 15) is 4.79 Å². The molecule has 0 spiro atoms. The molecule has 0 aliphatic rings. The molecule has 86 valence electrons. The lowest BCUT2D eigenvalue weighted by atomic mass is 10.0. The fourth-order valence-corrected chi connectivity index (χ4v) is 1.16. The maximum absolute atomic E-state index is 10.2. The summed E-state index contributed by atoms with van der Waals surface area (Å²) in [7, 11) is 0. The molecule has 0 heterocycles. The van der Waals surface area contributed by atoms with E-state index >= 15 is 0 Å². The zero-order valence-corrected chi connectivity index (χ0v) is 9.23. The largest absolute Gasteiger partial charge is 0.513 e. The zero-order valence-electron chi connectivity index (χ0n) is 9.23. The number of carbonyl (C=O) groups excluding carboxylic acids is 1. The third-order valence-corrected chi connectivity index (χ3v) is 2.05. The van der Waals surface area contributed by atoms with Gasteiger partial charge in [-0.1, -0.05) is 18.6 Å². The molecule has 0 aromatic rings. The van der Waals surface area contributed by atoms with Crippen molar-refractivity contribution in [2.45, 2.75) is 32.7 Å². The van der Waals surface area contributed by atoms with Crippen LogP contribution in [0.5, 0.6) is 0 Å². The summed E-state index contributed by atoms with van der Waals surface area (Å²) in [5.41, 5.74) is 1.07.